The van der Waals surface area contributed by atoms with Gasteiger partial charge in [0, 0.05) is 10.0 Å². The molecule has 2 rings (SSSR count). The van der Waals surface area contributed by atoms with E-state index in [-0.39, 0.29) is 10.6 Å². The third-order valence-electron chi connectivity index (χ3n) is 3.30. The van der Waals surface area contributed by atoms with E-state index in [1.165, 1.54) is 12.5 Å². The largest absolute Gasteiger partial charge is 0.321 e. The van der Waals surface area contributed by atoms with Crippen molar-refractivity contribution in [2.75, 3.05) is 0 Å². The third kappa shape index (κ3) is 2.27. The third-order valence-corrected chi connectivity index (χ3v) is 4.54. The first-order valence-corrected chi connectivity index (χ1v) is 6.64. The van der Waals surface area contributed by atoms with E-state index in [2.05, 4.69) is 15.9 Å². The Morgan fingerprint density at radius 1 is 1.25 bits per heavy atom. The van der Waals surface area contributed by atoms with Crippen LogP contribution in [0.1, 0.15) is 37.7 Å². The molecule has 0 atom stereocenters. The van der Waals surface area contributed by atoms with Crippen molar-refractivity contribution in [2.24, 2.45) is 5.73 Å². The summed E-state index contributed by atoms with van der Waals surface area (Å²) in [5.41, 5.74) is 6.80. The van der Waals surface area contributed by atoms with Crippen molar-refractivity contribution >= 4 is 27.5 Å². The maximum absolute atomic E-state index is 13.5. The molecule has 0 aliphatic heterocycles. The molecule has 1 nitrogen and oxygen atoms in total. The van der Waals surface area contributed by atoms with Gasteiger partial charge in [-0.2, -0.15) is 0 Å². The zero-order chi connectivity index (χ0) is 11.8. The zero-order valence-corrected chi connectivity index (χ0v) is 11.2. The Bertz CT molecular complexity index is 379. The predicted molar refractivity (Wildman–Crippen MR) is 68.1 cm³/mol. The number of benzene rings is 1. The molecular formula is C12H14BrClFN. The number of halogens is 3. The highest BCUT2D eigenvalue weighted by molar-refractivity contribution is 9.10. The van der Waals surface area contributed by atoms with Gasteiger partial charge in [-0.3, -0.25) is 0 Å². The topological polar surface area (TPSA) is 26.0 Å². The van der Waals surface area contributed by atoms with Crippen LogP contribution < -0.4 is 5.73 Å². The fraction of sp³-hybridized carbons (Fsp3) is 0.500. The summed E-state index contributed by atoms with van der Waals surface area (Å²) in [5.74, 6) is -0.401. The standard InChI is InChI=1S/C12H14BrClFN/c13-9-6-8(7-10(15)11(9)14)12(16)4-2-1-3-5-12/h6-7H,1-5,16H2. The molecule has 0 spiro atoms. The molecule has 4 heteroatoms. The Morgan fingerprint density at radius 3 is 2.44 bits per heavy atom. The van der Waals surface area contributed by atoms with E-state index >= 15 is 0 Å². The van der Waals surface area contributed by atoms with Crippen LogP contribution in [0, 0.1) is 5.82 Å². The Labute approximate surface area is 108 Å². The van der Waals surface area contributed by atoms with Gasteiger partial charge < -0.3 is 5.73 Å². The van der Waals surface area contributed by atoms with Crippen molar-refractivity contribution < 1.29 is 4.39 Å². The van der Waals surface area contributed by atoms with Crippen LogP contribution in [0.25, 0.3) is 0 Å². The smallest absolute Gasteiger partial charge is 0.143 e. The summed E-state index contributed by atoms with van der Waals surface area (Å²) < 4.78 is 14.1. The van der Waals surface area contributed by atoms with Crippen molar-refractivity contribution in [3.63, 3.8) is 0 Å². The first kappa shape index (κ1) is 12.3. The first-order valence-electron chi connectivity index (χ1n) is 5.47. The van der Waals surface area contributed by atoms with Crippen LogP contribution >= 0.6 is 27.5 Å². The molecule has 1 aliphatic carbocycles. The summed E-state index contributed by atoms with van der Waals surface area (Å²) in [6, 6.07) is 3.31. The number of hydrogen-bond acceptors (Lipinski definition) is 1. The summed E-state index contributed by atoms with van der Waals surface area (Å²) in [7, 11) is 0. The van der Waals surface area contributed by atoms with Gasteiger partial charge >= 0.3 is 0 Å². The second kappa shape index (κ2) is 4.63. The summed E-state index contributed by atoms with van der Waals surface area (Å²) in [5, 5.41) is 0.128. The number of rotatable bonds is 1. The van der Waals surface area contributed by atoms with Crippen LogP contribution in [0.5, 0.6) is 0 Å². The lowest BCUT2D eigenvalue weighted by Gasteiger charge is -2.34. The lowest BCUT2D eigenvalue weighted by atomic mass is 9.77. The molecule has 1 aromatic carbocycles. The van der Waals surface area contributed by atoms with Crippen LogP contribution in [-0.2, 0) is 5.54 Å². The van der Waals surface area contributed by atoms with Gasteiger partial charge in [-0.05, 0) is 46.5 Å². The van der Waals surface area contributed by atoms with E-state index < -0.39 is 5.82 Å². The van der Waals surface area contributed by atoms with Crippen molar-refractivity contribution in [1.29, 1.82) is 0 Å². The Morgan fingerprint density at radius 2 is 1.88 bits per heavy atom. The first-order chi connectivity index (χ1) is 7.53. The molecule has 0 unspecified atom stereocenters. The highest BCUT2D eigenvalue weighted by Crippen LogP contribution is 2.38. The minimum Gasteiger partial charge on any atom is -0.321 e. The number of nitrogens with two attached hydrogens (primary N) is 1. The molecule has 2 N–H and O–H groups in total. The summed E-state index contributed by atoms with van der Waals surface area (Å²) in [4.78, 5) is 0. The van der Waals surface area contributed by atoms with Crippen LogP contribution in [-0.4, -0.2) is 0 Å². The Hall–Kier alpha value is -0.120. The molecule has 0 aromatic heterocycles. The van der Waals surface area contributed by atoms with E-state index in [0.29, 0.717) is 4.47 Å². The van der Waals surface area contributed by atoms with Crippen LogP contribution in [0.15, 0.2) is 16.6 Å². The minimum atomic E-state index is -0.401. The van der Waals surface area contributed by atoms with Gasteiger partial charge in [-0.15, -0.1) is 0 Å². The van der Waals surface area contributed by atoms with Crippen LogP contribution in [0.3, 0.4) is 0 Å². The molecule has 88 valence electrons. The summed E-state index contributed by atoms with van der Waals surface area (Å²) in [6.07, 6.45) is 5.27. The van der Waals surface area contributed by atoms with Crippen molar-refractivity contribution in [3.8, 4) is 0 Å². The molecule has 0 saturated heterocycles. The van der Waals surface area contributed by atoms with E-state index in [1.54, 1.807) is 0 Å². The van der Waals surface area contributed by atoms with Gasteiger partial charge in [0.2, 0.25) is 0 Å². The average molecular weight is 307 g/mol. The summed E-state index contributed by atoms with van der Waals surface area (Å²) in [6.45, 7) is 0. The fourth-order valence-electron chi connectivity index (χ4n) is 2.31. The molecule has 1 fully saturated rings. The lowest BCUT2D eigenvalue weighted by Crippen LogP contribution is -2.38. The second-order valence-electron chi connectivity index (χ2n) is 4.47. The average Bonchev–Trinajstić information content (AvgIpc) is 2.26. The van der Waals surface area contributed by atoms with E-state index in [0.717, 1.165) is 31.2 Å². The summed E-state index contributed by atoms with van der Waals surface area (Å²) >= 11 is 9.03. The molecular weight excluding hydrogens is 292 g/mol. The molecule has 0 radical (unpaired) electrons. The minimum absolute atomic E-state index is 0.128. The Kier molecular flexibility index (Phi) is 3.57. The van der Waals surface area contributed by atoms with Gasteiger partial charge in [0.1, 0.15) is 5.82 Å². The zero-order valence-electron chi connectivity index (χ0n) is 8.90. The molecule has 16 heavy (non-hydrogen) atoms. The Balaban J connectivity index is 2.39. The molecule has 1 aromatic rings. The maximum atomic E-state index is 13.5. The fourth-order valence-corrected chi connectivity index (χ4v) is 2.86. The van der Waals surface area contributed by atoms with Gasteiger partial charge in [0.05, 0.1) is 5.02 Å². The van der Waals surface area contributed by atoms with Crippen LogP contribution in [0.2, 0.25) is 5.02 Å². The normalized spacial score (nSPS) is 19.8. The second-order valence-corrected chi connectivity index (χ2v) is 5.70. The maximum Gasteiger partial charge on any atom is 0.143 e. The van der Waals surface area contributed by atoms with E-state index in [4.69, 9.17) is 17.3 Å². The monoisotopic (exact) mass is 305 g/mol. The van der Waals surface area contributed by atoms with Gasteiger partial charge in [0.15, 0.2) is 0 Å². The molecule has 0 heterocycles. The quantitative estimate of drug-likeness (QED) is 0.767. The van der Waals surface area contributed by atoms with Crippen LogP contribution in [0.4, 0.5) is 4.39 Å². The van der Waals surface area contributed by atoms with Gasteiger partial charge in [-0.25, -0.2) is 4.39 Å². The highest BCUT2D eigenvalue weighted by atomic mass is 79.9. The molecule has 1 aliphatic rings. The van der Waals surface area contributed by atoms with E-state index in [1.807, 2.05) is 6.07 Å². The van der Waals surface area contributed by atoms with Gasteiger partial charge in [-0.1, -0.05) is 30.9 Å². The van der Waals surface area contributed by atoms with Gasteiger partial charge in [0.25, 0.3) is 0 Å². The van der Waals surface area contributed by atoms with Crippen molar-refractivity contribution in [1.82, 2.24) is 0 Å². The van der Waals surface area contributed by atoms with E-state index in [9.17, 15) is 4.39 Å². The molecule has 0 bridgehead atoms. The highest BCUT2D eigenvalue weighted by Gasteiger charge is 2.30. The molecule has 1 saturated carbocycles. The van der Waals surface area contributed by atoms with Crippen molar-refractivity contribution in [3.05, 3.63) is 33.0 Å². The van der Waals surface area contributed by atoms with Crippen molar-refractivity contribution in [2.45, 2.75) is 37.6 Å². The predicted octanol–water partition coefficient (Wildman–Crippen LogP) is 4.36. The number of hydrogen-bond donors (Lipinski definition) is 1. The SMILES string of the molecule is NC1(c2cc(F)c(Cl)c(Br)c2)CCCCC1. The lowest BCUT2D eigenvalue weighted by molar-refractivity contribution is 0.301. The molecule has 0 amide bonds.